The van der Waals surface area contributed by atoms with E-state index in [1.807, 2.05) is 6.92 Å². The van der Waals surface area contributed by atoms with E-state index in [2.05, 4.69) is 11.8 Å². The second kappa shape index (κ2) is 4.39. The molecule has 0 N–H and O–H groups in total. The summed E-state index contributed by atoms with van der Waals surface area (Å²) in [6.45, 7) is 3.67. The van der Waals surface area contributed by atoms with Crippen molar-refractivity contribution in [2.75, 3.05) is 0 Å². The van der Waals surface area contributed by atoms with Gasteiger partial charge in [0.2, 0.25) is 0 Å². The zero-order chi connectivity index (χ0) is 6.41. The van der Waals surface area contributed by atoms with Gasteiger partial charge in [0, 0.05) is 12.3 Å². The second-order valence-electron chi connectivity index (χ2n) is 1.64. The lowest BCUT2D eigenvalue weighted by Gasteiger charge is -1.90. The highest BCUT2D eigenvalue weighted by Crippen LogP contribution is 1.94. The van der Waals surface area contributed by atoms with Crippen molar-refractivity contribution in [2.24, 2.45) is 5.92 Å². The largest absolute Gasteiger partial charge is 0.291 e. The van der Waals surface area contributed by atoms with Crippen LogP contribution >= 0.6 is 0 Å². The molecular weight excluding hydrogens is 100 g/mol. The van der Waals surface area contributed by atoms with E-state index in [4.69, 9.17) is 0 Å². The maximum absolute atomic E-state index is 9.70. The van der Waals surface area contributed by atoms with Crippen LogP contribution in [0.3, 0.4) is 0 Å². The Morgan fingerprint density at radius 2 is 2.25 bits per heavy atom. The summed E-state index contributed by atoms with van der Waals surface area (Å²) in [5.41, 5.74) is 0. The predicted molar refractivity (Wildman–Crippen MR) is 32.9 cm³/mol. The predicted octanol–water partition coefficient (Wildman–Crippen LogP) is 1.15. The van der Waals surface area contributed by atoms with Crippen molar-refractivity contribution < 1.29 is 4.79 Å². The fourth-order valence-electron chi connectivity index (χ4n) is 0.422. The molecular formula is C7H9O. The maximum atomic E-state index is 9.70. The van der Waals surface area contributed by atoms with Crippen molar-refractivity contribution in [3.8, 4) is 11.8 Å². The van der Waals surface area contributed by atoms with Gasteiger partial charge in [0.25, 0.3) is 0 Å². The monoisotopic (exact) mass is 109 g/mol. The number of carbonyl (C=O) groups excluding carboxylic acids is 1. The Morgan fingerprint density at radius 3 is 2.62 bits per heavy atom. The van der Waals surface area contributed by atoms with Crippen molar-refractivity contribution in [3.05, 3.63) is 0 Å². The van der Waals surface area contributed by atoms with Crippen LogP contribution in [0, 0.1) is 17.8 Å². The first-order chi connectivity index (χ1) is 3.81. The number of hydrogen-bond donors (Lipinski definition) is 0. The fourth-order valence-corrected chi connectivity index (χ4v) is 0.422. The Bertz CT molecular complexity index is 116. The van der Waals surface area contributed by atoms with Gasteiger partial charge < -0.3 is 0 Å². The molecule has 0 spiro atoms. The van der Waals surface area contributed by atoms with E-state index in [-0.39, 0.29) is 5.92 Å². The molecule has 1 heteroatoms. The second-order valence-corrected chi connectivity index (χ2v) is 1.64. The summed E-state index contributed by atoms with van der Waals surface area (Å²) in [7, 11) is 0. The molecule has 1 atom stereocenters. The lowest BCUT2D eigenvalue weighted by atomic mass is 10.1. The number of hydrogen-bond acceptors (Lipinski definition) is 1. The lowest BCUT2D eigenvalue weighted by Crippen LogP contribution is -1.88. The molecule has 43 valence electrons. The molecule has 0 heterocycles. The molecule has 1 nitrogen and oxygen atoms in total. The molecule has 0 fully saturated rings. The first-order valence-corrected chi connectivity index (χ1v) is 2.58. The standard InChI is InChI=1S/C7H9O/c1-3-4-7(2)5-6-8/h7H,5H2,1-2H3. The highest BCUT2D eigenvalue weighted by Gasteiger charge is 1.92. The van der Waals surface area contributed by atoms with Gasteiger partial charge in [-0.25, -0.2) is 0 Å². The SMILES string of the molecule is CC#CC(C)C[C]=O. The summed E-state index contributed by atoms with van der Waals surface area (Å²) in [4.78, 5) is 9.70. The summed E-state index contributed by atoms with van der Waals surface area (Å²) in [5.74, 6) is 5.74. The average molecular weight is 109 g/mol. The minimum atomic E-state index is 0.178. The Kier molecular flexibility index (Phi) is 3.97. The first kappa shape index (κ1) is 7.23. The van der Waals surface area contributed by atoms with E-state index in [1.165, 1.54) is 0 Å². The quantitative estimate of drug-likeness (QED) is 0.486. The molecule has 1 unspecified atom stereocenters. The Labute approximate surface area is 50.1 Å². The van der Waals surface area contributed by atoms with E-state index in [9.17, 15) is 4.79 Å². The third-order valence-electron chi connectivity index (χ3n) is 0.780. The minimum Gasteiger partial charge on any atom is -0.291 e. The summed E-state index contributed by atoms with van der Waals surface area (Å²) < 4.78 is 0. The summed E-state index contributed by atoms with van der Waals surface area (Å²) >= 11 is 0. The van der Waals surface area contributed by atoms with Crippen LogP contribution in [0.4, 0.5) is 0 Å². The first-order valence-electron chi connectivity index (χ1n) is 2.58. The molecule has 0 aromatic rings. The Hall–Kier alpha value is -0.770. The molecule has 8 heavy (non-hydrogen) atoms. The van der Waals surface area contributed by atoms with Gasteiger partial charge >= 0.3 is 0 Å². The van der Waals surface area contributed by atoms with E-state index < -0.39 is 0 Å². The maximum Gasteiger partial charge on any atom is 0.199 e. The van der Waals surface area contributed by atoms with Gasteiger partial charge in [-0.1, -0.05) is 6.92 Å². The molecule has 0 amide bonds. The molecule has 0 aliphatic heterocycles. The molecule has 0 bridgehead atoms. The van der Waals surface area contributed by atoms with Crippen molar-refractivity contribution in [3.63, 3.8) is 0 Å². The van der Waals surface area contributed by atoms with E-state index in [0.29, 0.717) is 6.42 Å². The molecule has 1 radical (unpaired) electrons. The molecule has 0 aliphatic carbocycles. The fraction of sp³-hybridized carbons (Fsp3) is 0.571. The zero-order valence-electron chi connectivity index (χ0n) is 5.19. The highest BCUT2D eigenvalue weighted by molar-refractivity contribution is 5.51. The minimum absolute atomic E-state index is 0.178. The van der Waals surface area contributed by atoms with E-state index in [1.54, 1.807) is 13.2 Å². The lowest BCUT2D eigenvalue weighted by molar-refractivity contribution is 0.544. The van der Waals surface area contributed by atoms with Crippen LogP contribution in [0.15, 0.2) is 0 Å². The van der Waals surface area contributed by atoms with Crippen molar-refractivity contribution in [1.82, 2.24) is 0 Å². The summed E-state index contributed by atoms with van der Waals surface area (Å²) in [5, 5.41) is 0. The average Bonchev–Trinajstić information content (AvgIpc) is 1.68. The van der Waals surface area contributed by atoms with Gasteiger partial charge in [0.1, 0.15) is 0 Å². The topological polar surface area (TPSA) is 17.1 Å². The van der Waals surface area contributed by atoms with Gasteiger partial charge in [-0.15, -0.1) is 11.8 Å². The molecule has 0 aromatic heterocycles. The van der Waals surface area contributed by atoms with Crippen LogP contribution in [0.5, 0.6) is 0 Å². The zero-order valence-corrected chi connectivity index (χ0v) is 5.19. The van der Waals surface area contributed by atoms with E-state index >= 15 is 0 Å². The molecule has 0 saturated heterocycles. The molecule has 0 saturated carbocycles. The van der Waals surface area contributed by atoms with Gasteiger partial charge in [0.05, 0.1) is 0 Å². The Morgan fingerprint density at radius 1 is 1.62 bits per heavy atom. The van der Waals surface area contributed by atoms with Crippen LogP contribution in [-0.2, 0) is 4.79 Å². The van der Waals surface area contributed by atoms with Crippen LogP contribution < -0.4 is 0 Å². The van der Waals surface area contributed by atoms with Crippen molar-refractivity contribution >= 4 is 6.29 Å². The van der Waals surface area contributed by atoms with Crippen LogP contribution in [-0.4, -0.2) is 6.29 Å². The van der Waals surface area contributed by atoms with Gasteiger partial charge in [-0.2, -0.15) is 0 Å². The number of rotatable bonds is 2. The summed E-state index contributed by atoms with van der Waals surface area (Å²) in [6.07, 6.45) is 2.23. The van der Waals surface area contributed by atoms with Gasteiger partial charge in [0.15, 0.2) is 6.29 Å². The highest BCUT2D eigenvalue weighted by atomic mass is 16.1. The van der Waals surface area contributed by atoms with Gasteiger partial charge in [-0.3, -0.25) is 4.79 Å². The molecule has 0 aliphatic rings. The normalized spacial score (nSPS) is 11.2. The van der Waals surface area contributed by atoms with Crippen LogP contribution in [0.25, 0.3) is 0 Å². The van der Waals surface area contributed by atoms with Crippen LogP contribution in [0.1, 0.15) is 20.3 Å². The summed E-state index contributed by atoms with van der Waals surface area (Å²) in [6, 6.07) is 0. The van der Waals surface area contributed by atoms with Crippen molar-refractivity contribution in [1.29, 1.82) is 0 Å². The van der Waals surface area contributed by atoms with Crippen molar-refractivity contribution in [2.45, 2.75) is 20.3 Å². The third kappa shape index (κ3) is 3.42. The Balaban J connectivity index is 3.41. The van der Waals surface area contributed by atoms with Gasteiger partial charge in [-0.05, 0) is 6.92 Å². The van der Waals surface area contributed by atoms with Crippen LogP contribution in [0.2, 0.25) is 0 Å². The third-order valence-corrected chi connectivity index (χ3v) is 0.780. The molecule has 0 rings (SSSR count). The smallest absolute Gasteiger partial charge is 0.199 e. The van der Waals surface area contributed by atoms with E-state index in [0.717, 1.165) is 0 Å². The molecule has 0 aromatic carbocycles.